The highest BCUT2D eigenvalue weighted by Gasteiger charge is 2.36. The van der Waals surface area contributed by atoms with Gasteiger partial charge in [0.05, 0.1) is 6.61 Å². The zero-order valence-electron chi connectivity index (χ0n) is 24.5. The van der Waals surface area contributed by atoms with Crippen molar-refractivity contribution in [3.05, 3.63) is 77.4 Å². The van der Waals surface area contributed by atoms with Crippen molar-refractivity contribution in [3.8, 4) is 28.0 Å². The minimum atomic E-state index is -1.74. The molecular weight excluding hydrogens is 468 g/mol. The minimum Gasteiger partial charge on any atom is -0.491 e. The van der Waals surface area contributed by atoms with Gasteiger partial charge in [0.1, 0.15) is 12.4 Å². The lowest BCUT2D eigenvalue weighted by Crippen LogP contribution is -2.41. The summed E-state index contributed by atoms with van der Waals surface area (Å²) in [6.45, 7) is 19.2. The molecular formula is C34H48O2Si. The van der Waals surface area contributed by atoms with Crippen molar-refractivity contribution in [3.63, 3.8) is 0 Å². The van der Waals surface area contributed by atoms with Gasteiger partial charge < -0.3 is 9.16 Å². The first-order valence-electron chi connectivity index (χ1n) is 14.2. The molecule has 0 aliphatic carbocycles. The Bertz CT molecular complexity index is 1140. The van der Waals surface area contributed by atoms with Gasteiger partial charge >= 0.3 is 0 Å². The molecule has 3 aromatic carbocycles. The van der Waals surface area contributed by atoms with Gasteiger partial charge in [0, 0.05) is 0 Å². The number of hydrogen-bond donors (Lipinski definition) is 0. The molecule has 3 rings (SSSR count). The SMILES string of the molecule is CCCCCc1ccc(-c2ccc(-c3ccc(OCCO[Si](C)(C)C(C)(C)C)c(C)c3)c(CC)c2)cc1. The highest BCUT2D eigenvalue weighted by atomic mass is 28.4. The molecule has 0 aliphatic heterocycles. The van der Waals surface area contributed by atoms with Crippen LogP contribution in [0.5, 0.6) is 5.75 Å². The number of rotatable bonds is 12. The van der Waals surface area contributed by atoms with Crippen LogP contribution in [-0.2, 0) is 17.3 Å². The van der Waals surface area contributed by atoms with Gasteiger partial charge in [0.15, 0.2) is 8.32 Å². The fourth-order valence-corrected chi connectivity index (χ4v) is 5.46. The molecule has 0 bridgehead atoms. The summed E-state index contributed by atoms with van der Waals surface area (Å²) in [4.78, 5) is 0. The molecule has 0 unspecified atom stereocenters. The predicted molar refractivity (Wildman–Crippen MR) is 163 cm³/mol. The Hall–Kier alpha value is -2.36. The standard InChI is InChI=1S/C34H48O2Si/c1-9-11-12-13-27-14-16-29(17-15-27)30-18-20-32(28(10-2)25-30)31-19-21-33(26(3)24-31)35-22-23-36-37(7,8)34(4,5)6/h14-21,24-25H,9-13,22-23H2,1-8H3. The van der Waals surface area contributed by atoms with E-state index < -0.39 is 8.32 Å². The summed E-state index contributed by atoms with van der Waals surface area (Å²) in [5.41, 5.74) is 9.11. The van der Waals surface area contributed by atoms with E-state index in [1.54, 1.807) is 0 Å². The molecule has 0 radical (unpaired) electrons. The molecule has 0 amide bonds. The third-order valence-corrected chi connectivity index (χ3v) is 12.5. The zero-order valence-corrected chi connectivity index (χ0v) is 25.5. The van der Waals surface area contributed by atoms with Gasteiger partial charge in [0.25, 0.3) is 0 Å². The van der Waals surface area contributed by atoms with E-state index in [9.17, 15) is 0 Å². The van der Waals surface area contributed by atoms with Crippen LogP contribution in [0.3, 0.4) is 0 Å². The van der Waals surface area contributed by atoms with Gasteiger partial charge in [-0.3, -0.25) is 0 Å². The number of benzene rings is 3. The summed E-state index contributed by atoms with van der Waals surface area (Å²) in [5, 5.41) is 0.217. The van der Waals surface area contributed by atoms with Crippen LogP contribution >= 0.6 is 0 Å². The third-order valence-electron chi connectivity index (χ3n) is 7.94. The van der Waals surface area contributed by atoms with Crippen LogP contribution in [-0.4, -0.2) is 21.5 Å². The number of hydrogen-bond acceptors (Lipinski definition) is 2. The Morgan fingerprint density at radius 2 is 1.43 bits per heavy atom. The first-order valence-corrected chi connectivity index (χ1v) is 17.1. The van der Waals surface area contributed by atoms with Crippen molar-refractivity contribution < 1.29 is 9.16 Å². The minimum absolute atomic E-state index is 0.217. The van der Waals surface area contributed by atoms with E-state index in [1.165, 1.54) is 59.1 Å². The normalized spacial score (nSPS) is 12.1. The molecule has 0 aliphatic rings. The maximum absolute atomic E-state index is 6.27. The van der Waals surface area contributed by atoms with E-state index in [2.05, 4.69) is 115 Å². The van der Waals surface area contributed by atoms with E-state index in [1.807, 2.05) is 0 Å². The maximum atomic E-state index is 6.27. The van der Waals surface area contributed by atoms with Crippen LogP contribution in [0.4, 0.5) is 0 Å². The van der Waals surface area contributed by atoms with Gasteiger partial charge in [-0.05, 0) is 95.4 Å². The van der Waals surface area contributed by atoms with Crippen molar-refractivity contribution in [1.82, 2.24) is 0 Å². The first-order chi connectivity index (χ1) is 17.6. The molecule has 3 aromatic rings. The van der Waals surface area contributed by atoms with Crippen LogP contribution in [0, 0.1) is 6.92 Å². The van der Waals surface area contributed by atoms with Gasteiger partial charge in [0.2, 0.25) is 0 Å². The molecule has 200 valence electrons. The zero-order chi connectivity index (χ0) is 27.1. The summed E-state index contributed by atoms with van der Waals surface area (Å²) in [5.74, 6) is 0.941. The van der Waals surface area contributed by atoms with Crippen LogP contribution in [0.15, 0.2) is 60.7 Å². The van der Waals surface area contributed by atoms with Crippen molar-refractivity contribution >= 4 is 8.32 Å². The fraction of sp³-hybridized carbons (Fsp3) is 0.471. The van der Waals surface area contributed by atoms with E-state index >= 15 is 0 Å². The Labute approximate surface area is 227 Å². The lowest BCUT2D eigenvalue weighted by molar-refractivity contribution is 0.203. The molecule has 0 saturated carbocycles. The maximum Gasteiger partial charge on any atom is 0.192 e. The van der Waals surface area contributed by atoms with Gasteiger partial charge in [-0.15, -0.1) is 0 Å². The molecule has 0 aromatic heterocycles. The van der Waals surface area contributed by atoms with E-state index in [0.717, 1.165) is 17.7 Å². The predicted octanol–water partition coefficient (Wildman–Crippen LogP) is 10.0. The van der Waals surface area contributed by atoms with Crippen molar-refractivity contribution in [2.24, 2.45) is 0 Å². The second-order valence-electron chi connectivity index (χ2n) is 11.8. The average Bonchev–Trinajstić information content (AvgIpc) is 2.87. The largest absolute Gasteiger partial charge is 0.491 e. The Balaban J connectivity index is 1.68. The molecule has 2 nitrogen and oxygen atoms in total. The quantitative estimate of drug-likeness (QED) is 0.176. The summed E-state index contributed by atoms with van der Waals surface area (Å²) in [7, 11) is -1.74. The summed E-state index contributed by atoms with van der Waals surface area (Å²) < 4.78 is 12.4. The summed E-state index contributed by atoms with van der Waals surface area (Å²) >= 11 is 0. The smallest absolute Gasteiger partial charge is 0.192 e. The topological polar surface area (TPSA) is 18.5 Å². The molecule has 0 saturated heterocycles. The highest BCUT2D eigenvalue weighted by molar-refractivity contribution is 6.74. The summed E-state index contributed by atoms with van der Waals surface area (Å²) in [6.07, 6.45) is 6.03. The van der Waals surface area contributed by atoms with E-state index in [4.69, 9.17) is 9.16 Å². The Morgan fingerprint density at radius 1 is 0.757 bits per heavy atom. The van der Waals surface area contributed by atoms with E-state index in [-0.39, 0.29) is 5.04 Å². The molecule has 0 fully saturated rings. The van der Waals surface area contributed by atoms with Crippen LogP contribution in [0.1, 0.15) is 70.6 Å². The van der Waals surface area contributed by atoms with E-state index in [0.29, 0.717) is 13.2 Å². The highest BCUT2D eigenvalue weighted by Crippen LogP contribution is 2.36. The number of aryl methyl sites for hydroxylation is 3. The van der Waals surface area contributed by atoms with Crippen LogP contribution in [0.2, 0.25) is 18.1 Å². The average molecular weight is 517 g/mol. The molecule has 0 spiro atoms. The second-order valence-corrected chi connectivity index (χ2v) is 16.6. The summed E-state index contributed by atoms with van der Waals surface area (Å²) in [6, 6.07) is 22.6. The van der Waals surface area contributed by atoms with Gasteiger partial charge in [-0.1, -0.05) is 96.0 Å². The molecule has 0 heterocycles. The Kier molecular flexibility index (Phi) is 10.2. The number of ether oxygens (including phenoxy) is 1. The van der Waals surface area contributed by atoms with Gasteiger partial charge in [-0.2, -0.15) is 0 Å². The Morgan fingerprint density at radius 3 is 2.05 bits per heavy atom. The monoisotopic (exact) mass is 516 g/mol. The van der Waals surface area contributed by atoms with Gasteiger partial charge in [-0.25, -0.2) is 0 Å². The van der Waals surface area contributed by atoms with Crippen LogP contribution < -0.4 is 4.74 Å². The molecule has 3 heteroatoms. The third kappa shape index (κ3) is 7.81. The lowest BCUT2D eigenvalue weighted by Gasteiger charge is -2.36. The van der Waals surface area contributed by atoms with Crippen molar-refractivity contribution in [2.45, 2.75) is 91.8 Å². The fourth-order valence-electron chi connectivity index (χ4n) is 4.43. The van der Waals surface area contributed by atoms with Crippen molar-refractivity contribution in [1.29, 1.82) is 0 Å². The molecule has 37 heavy (non-hydrogen) atoms. The lowest BCUT2D eigenvalue weighted by atomic mass is 9.92. The molecule has 0 N–H and O–H groups in total. The van der Waals surface area contributed by atoms with Crippen LogP contribution in [0.25, 0.3) is 22.3 Å². The second kappa shape index (κ2) is 12.9. The number of unbranched alkanes of at least 4 members (excludes halogenated alkanes) is 2. The molecule has 0 atom stereocenters. The van der Waals surface area contributed by atoms with Crippen molar-refractivity contribution in [2.75, 3.05) is 13.2 Å². The first kappa shape index (κ1) is 29.2.